The Morgan fingerprint density at radius 2 is 2.19 bits per heavy atom. The number of fused-ring (bicyclic) bond motifs is 1. The number of aliphatic carboxylic acids is 1. The monoisotopic (exact) mass is 286 g/mol. The van der Waals surface area contributed by atoms with Gasteiger partial charge in [0.15, 0.2) is 5.82 Å². The number of allylic oxidation sites excluding steroid dienone is 1. The molecule has 0 spiro atoms. The third-order valence-corrected chi connectivity index (χ3v) is 3.31. The number of aryl methyl sites for hydroxylation is 1. The number of aromatic nitrogens is 3. The van der Waals surface area contributed by atoms with Crippen molar-refractivity contribution in [3.63, 3.8) is 0 Å². The summed E-state index contributed by atoms with van der Waals surface area (Å²) in [5.41, 5.74) is 0.595. The highest BCUT2D eigenvalue weighted by molar-refractivity contribution is 5.90. The Morgan fingerprint density at radius 3 is 2.86 bits per heavy atom. The van der Waals surface area contributed by atoms with Gasteiger partial charge in [0.25, 0.3) is 0 Å². The Balaban J connectivity index is 2.15. The molecule has 0 aliphatic carbocycles. The minimum Gasteiger partial charge on any atom is -0.508 e. The lowest BCUT2D eigenvalue weighted by molar-refractivity contribution is -0.132. The van der Waals surface area contributed by atoms with Crippen molar-refractivity contribution in [2.24, 2.45) is 0 Å². The third-order valence-electron chi connectivity index (χ3n) is 3.31. The number of anilines is 1. The van der Waals surface area contributed by atoms with Gasteiger partial charge in [0.1, 0.15) is 17.5 Å². The van der Waals surface area contributed by atoms with E-state index in [-0.39, 0.29) is 11.4 Å². The van der Waals surface area contributed by atoms with Crippen LogP contribution in [0.2, 0.25) is 0 Å². The van der Waals surface area contributed by atoms with E-state index in [2.05, 4.69) is 15.4 Å². The van der Waals surface area contributed by atoms with Crippen molar-refractivity contribution in [2.75, 3.05) is 5.32 Å². The van der Waals surface area contributed by atoms with Crippen LogP contribution in [0.5, 0.6) is 5.75 Å². The van der Waals surface area contributed by atoms with Crippen LogP contribution in [0.1, 0.15) is 24.4 Å². The number of carboxylic acid groups (broad SMARTS) is 1. The number of nitrogens with zero attached hydrogens (tertiary/aromatic N) is 3. The maximum atomic E-state index is 11.3. The van der Waals surface area contributed by atoms with E-state index in [0.717, 1.165) is 0 Å². The van der Waals surface area contributed by atoms with Crippen LogP contribution < -0.4 is 5.32 Å². The number of phenolic OH excluding ortho intramolecular Hbond substituents is 1. The molecule has 0 saturated carbocycles. The van der Waals surface area contributed by atoms with Gasteiger partial charge in [0.2, 0.25) is 5.95 Å². The first-order valence-electron chi connectivity index (χ1n) is 6.55. The zero-order chi connectivity index (χ0) is 15.0. The van der Waals surface area contributed by atoms with E-state index in [1.807, 2.05) is 6.92 Å². The van der Waals surface area contributed by atoms with Crippen LogP contribution >= 0.6 is 0 Å². The molecule has 2 heterocycles. The Kier molecular flexibility index (Phi) is 3.09. The van der Waals surface area contributed by atoms with Crippen molar-refractivity contribution in [1.29, 1.82) is 0 Å². The fourth-order valence-electron chi connectivity index (χ4n) is 2.27. The molecule has 0 unspecified atom stereocenters. The lowest BCUT2D eigenvalue weighted by atomic mass is 10.0. The molecule has 7 heteroatoms. The van der Waals surface area contributed by atoms with E-state index in [1.165, 1.54) is 6.08 Å². The number of para-hydroxylation sites is 1. The zero-order valence-electron chi connectivity index (χ0n) is 11.3. The smallest absolute Gasteiger partial charge is 0.352 e. The van der Waals surface area contributed by atoms with Gasteiger partial charge in [0, 0.05) is 12.0 Å². The van der Waals surface area contributed by atoms with Gasteiger partial charge >= 0.3 is 5.97 Å². The molecule has 1 aromatic heterocycles. The van der Waals surface area contributed by atoms with Crippen molar-refractivity contribution in [1.82, 2.24) is 14.8 Å². The molecule has 1 atom stereocenters. The molecule has 21 heavy (non-hydrogen) atoms. The van der Waals surface area contributed by atoms with Gasteiger partial charge in [-0.1, -0.05) is 25.1 Å². The quantitative estimate of drug-likeness (QED) is 0.791. The van der Waals surface area contributed by atoms with Crippen molar-refractivity contribution in [2.45, 2.75) is 19.4 Å². The molecule has 1 aromatic carbocycles. The number of carboxylic acids is 1. The molecule has 3 N–H and O–H groups in total. The molecular weight excluding hydrogens is 272 g/mol. The number of aromatic hydroxyl groups is 1. The minimum atomic E-state index is -1.08. The SMILES string of the molecule is CCc1nc2n(n1)[C@@H](c1ccccc1O)C=C(C(=O)O)N2. The van der Waals surface area contributed by atoms with Crippen LogP contribution in [0.3, 0.4) is 0 Å². The number of hydrogen-bond acceptors (Lipinski definition) is 5. The van der Waals surface area contributed by atoms with E-state index < -0.39 is 12.0 Å². The fraction of sp³-hybridized carbons (Fsp3) is 0.214. The third kappa shape index (κ3) is 2.22. The van der Waals surface area contributed by atoms with Gasteiger partial charge in [-0.25, -0.2) is 9.48 Å². The average molecular weight is 286 g/mol. The molecule has 108 valence electrons. The molecule has 0 fully saturated rings. The molecule has 2 aromatic rings. The van der Waals surface area contributed by atoms with Crippen molar-refractivity contribution in [3.05, 3.63) is 47.4 Å². The average Bonchev–Trinajstić information content (AvgIpc) is 2.90. The van der Waals surface area contributed by atoms with E-state index in [0.29, 0.717) is 23.8 Å². The van der Waals surface area contributed by atoms with Gasteiger partial charge in [-0.05, 0) is 12.1 Å². The highest BCUT2D eigenvalue weighted by Crippen LogP contribution is 2.33. The normalized spacial score (nSPS) is 16.8. The van der Waals surface area contributed by atoms with Crippen LogP contribution in [-0.4, -0.2) is 30.9 Å². The number of phenols is 1. The minimum absolute atomic E-state index is 0.0193. The van der Waals surface area contributed by atoms with Gasteiger partial charge in [0.05, 0.1) is 0 Å². The Labute approximate surface area is 120 Å². The van der Waals surface area contributed by atoms with E-state index in [4.69, 9.17) is 0 Å². The van der Waals surface area contributed by atoms with Crippen LogP contribution in [0.4, 0.5) is 5.95 Å². The molecular formula is C14H14N4O3. The van der Waals surface area contributed by atoms with Crippen LogP contribution in [-0.2, 0) is 11.2 Å². The topological polar surface area (TPSA) is 100 Å². The number of hydrogen-bond donors (Lipinski definition) is 3. The van der Waals surface area contributed by atoms with Crippen molar-refractivity contribution in [3.8, 4) is 5.75 Å². The largest absolute Gasteiger partial charge is 0.508 e. The Morgan fingerprint density at radius 1 is 1.43 bits per heavy atom. The van der Waals surface area contributed by atoms with Gasteiger partial charge in [-0.2, -0.15) is 10.1 Å². The van der Waals surface area contributed by atoms with E-state index in [9.17, 15) is 15.0 Å². The highest BCUT2D eigenvalue weighted by atomic mass is 16.4. The van der Waals surface area contributed by atoms with E-state index >= 15 is 0 Å². The summed E-state index contributed by atoms with van der Waals surface area (Å²) in [5.74, 6) is -0.0226. The molecule has 3 rings (SSSR count). The van der Waals surface area contributed by atoms with Crippen LogP contribution in [0.15, 0.2) is 36.0 Å². The fourth-order valence-corrected chi connectivity index (χ4v) is 2.27. The lowest BCUT2D eigenvalue weighted by Gasteiger charge is -2.22. The summed E-state index contributed by atoms with van der Waals surface area (Å²) in [5, 5.41) is 26.3. The molecule has 0 radical (unpaired) electrons. The standard InChI is InChI=1S/C14H14N4O3/c1-2-12-16-14-15-9(13(20)21)7-10(18(14)17-12)8-5-3-4-6-11(8)19/h3-7,10,19H,2H2,1H3,(H,20,21)(H,15,16,17)/t10-/m1/s1. The van der Waals surface area contributed by atoms with Crippen LogP contribution in [0, 0.1) is 0 Å². The molecule has 1 aliphatic heterocycles. The number of benzene rings is 1. The predicted octanol–water partition coefficient (Wildman–Crippen LogP) is 1.53. The molecule has 0 bridgehead atoms. The van der Waals surface area contributed by atoms with E-state index in [1.54, 1.807) is 28.9 Å². The summed E-state index contributed by atoms with van der Waals surface area (Å²) < 4.78 is 1.58. The summed E-state index contributed by atoms with van der Waals surface area (Å²) in [6.07, 6.45) is 2.15. The maximum Gasteiger partial charge on any atom is 0.352 e. The second-order valence-corrected chi connectivity index (χ2v) is 4.66. The van der Waals surface area contributed by atoms with Gasteiger partial charge < -0.3 is 15.5 Å². The maximum absolute atomic E-state index is 11.3. The van der Waals surface area contributed by atoms with Gasteiger partial charge in [-0.3, -0.25) is 0 Å². The number of carbonyl (C=O) groups is 1. The summed E-state index contributed by atoms with van der Waals surface area (Å²) >= 11 is 0. The second-order valence-electron chi connectivity index (χ2n) is 4.66. The van der Waals surface area contributed by atoms with Crippen molar-refractivity contribution >= 4 is 11.9 Å². The van der Waals surface area contributed by atoms with Gasteiger partial charge in [-0.15, -0.1) is 0 Å². The summed E-state index contributed by atoms with van der Waals surface area (Å²) in [7, 11) is 0. The molecule has 0 amide bonds. The first-order valence-corrected chi connectivity index (χ1v) is 6.55. The Hall–Kier alpha value is -2.83. The van der Waals surface area contributed by atoms with Crippen molar-refractivity contribution < 1.29 is 15.0 Å². The number of nitrogens with one attached hydrogen (secondary N) is 1. The highest BCUT2D eigenvalue weighted by Gasteiger charge is 2.28. The predicted molar refractivity (Wildman–Crippen MR) is 75.0 cm³/mol. The first kappa shape index (κ1) is 13.2. The molecule has 0 saturated heterocycles. The molecule has 1 aliphatic rings. The second kappa shape index (κ2) is 4.93. The first-order chi connectivity index (χ1) is 10.1. The molecule has 7 nitrogen and oxygen atoms in total. The summed E-state index contributed by atoms with van der Waals surface area (Å²) in [6.45, 7) is 1.92. The Bertz CT molecular complexity index is 736. The summed E-state index contributed by atoms with van der Waals surface area (Å²) in [4.78, 5) is 15.5. The summed E-state index contributed by atoms with van der Waals surface area (Å²) in [6, 6.07) is 6.27. The van der Waals surface area contributed by atoms with Crippen LogP contribution in [0.25, 0.3) is 0 Å². The lowest BCUT2D eigenvalue weighted by Crippen LogP contribution is -2.24. The number of rotatable bonds is 3. The zero-order valence-corrected chi connectivity index (χ0v) is 11.3.